The molecule has 0 aliphatic carbocycles. The fourth-order valence-electron chi connectivity index (χ4n) is 2.77. The Bertz CT molecular complexity index is 672. The molecule has 1 aromatic rings. The predicted molar refractivity (Wildman–Crippen MR) is 90.9 cm³/mol. The minimum atomic E-state index is -0.495. The van der Waals surface area contributed by atoms with E-state index in [-0.39, 0.29) is 10.7 Å². The van der Waals surface area contributed by atoms with Crippen LogP contribution in [0.3, 0.4) is 0 Å². The smallest absolute Gasteiger partial charge is 0.265 e. The van der Waals surface area contributed by atoms with Crippen LogP contribution in [0.2, 0.25) is 0 Å². The molecule has 1 aromatic heterocycles. The zero-order chi connectivity index (χ0) is 16.4. The normalized spacial score (nSPS) is 21.6. The molecule has 1 N–H and O–H groups in total. The zero-order valence-corrected chi connectivity index (χ0v) is 13.8. The van der Waals surface area contributed by atoms with Crippen molar-refractivity contribution in [2.24, 2.45) is 0 Å². The third-order valence-corrected chi connectivity index (χ3v) is 4.50. The lowest BCUT2D eigenvalue weighted by atomic mass is 10.1. The summed E-state index contributed by atoms with van der Waals surface area (Å²) < 4.78 is 5.81. The molecule has 6 nitrogen and oxygen atoms in total. The van der Waals surface area contributed by atoms with Crippen molar-refractivity contribution in [3.8, 4) is 0 Å². The molecule has 3 heterocycles. The minimum absolute atomic E-state index is 0.0258. The molecule has 0 bridgehead atoms. The highest BCUT2D eigenvalue weighted by Gasteiger charge is 2.31. The van der Waals surface area contributed by atoms with Crippen LogP contribution in [0.4, 0.5) is 5.88 Å². The first-order valence-electron chi connectivity index (χ1n) is 7.76. The molecule has 2 aliphatic rings. The number of carbonyl (C=O) groups is 2. The average Bonchev–Trinajstić information content (AvgIpc) is 2.82. The Morgan fingerprint density at radius 1 is 1.17 bits per heavy atom. The lowest BCUT2D eigenvalue weighted by Crippen LogP contribution is -2.52. The van der Waals surface area contributed by atoms with Crippen LogP contribution in [0.1, 0.15) is 31.4 Å². The maximum atomic E-state index is 12.2. The average molecular weight is 333 g/mol. The standard InChI is InChI=1S/C16H19N3O3S/c1-18-15(21)12(14(20)17-16(18)23)10-11-6-7-13(22-11)19-8-4-2-3-5-9-19/h6-7,10H,2-5,8-9H2,1H3,(H,17,20,23). The Kier molecular flexibility index (Phi) is 4.47. The number of furan rings is 1. The molecule has 2 amide bonds. The summed E-state index contributed by atoms with van der Waals surface area (Å²) in [4.78, 5) is 27.6. The number of nitrogens with zero attached hydrogens (tertiary/aromatic N) is 2. The Morgan fingerprint density at radius 3 is 2.57 bits per heavy atom. The van der Waals surface area contributed by atoms with Crippen molar-refractivity contribution in [2.75, 3.05) is 25.0 Å². The van der Waals surface area contributed by atoms with Gasteiger partial charge in [-0.05, 0) is 37.2 Å². The van der Waals surface area contributed by atoms with Gasteiger partial charge in [-0.3, -0.25) is 19.8 Å². The highest BCUT2D eigenvalue weighted by Crippen LogP contribution is 2.24. The van der Waals surface area contributed by atoms with Gasteiger partial charge in [-0.25, -0.2) is 0 Å². The molecule has 0 atom stereocenters. The van der Waals surface area contributed by atoms with Gasteiger partial charge in [0.1, 0.15) is 11.3 Å². The van der Waals surface area contributed by atoms with Gasteiger partial charge in [0.25, 0.3) is 11.8 Å². The summed E-state index contributed by atoms with van der Waals surface area (Å²) in [6.07, 6.45) is 6.27. The second-order valence-corrected chi connectivity index (χ2v) is 6.15. The molecule has 0 saturated carbocycles. The first-order valence-corrected chi connectivity index (χ1v) is 8.17. The van der Waals surface area contributed by atoms with Gasteiger partial charge in [0.2, 0.25) is 0 Å². The summed E-state index contributed by atoms with van der Waals surface area (Å²) in [6.45, 7) is 1.94. The first-order chi connectivity index (χ1) is 11.1. The van der Waals surface area contributed by atoms with E-state index in [9.17, 15) is 9.59 Å². The van der Waals surface area contributed by atoms with E-state index in [1.54, 1.807) is 6.07 Å². The summed E-state index contributed by atoms with van der Waals surface area (Å²) in [5.41, 5.74) is 0.0258. The van der Waals surface area contributed by atoms with E-state index in [4.69, 9.17) is 16.6 Å². The summed E-state index contributed by atoms with van der Waals surface area (Å²) in [5.74, 6) is 0.354. The Labute approximate surface area is 140 Å². The number of amides is 2. The Balaban J connectivity index is 1.81. The van der Waals surface area contributed by atoms with Gasteiger partial charge in [-0.2, -0.15) is 0 Å². The monoisotopic (exact) mass is 333 g/mol. The fraction of sp³-hybridized carbons (Fsp3) is 0.438. The minimum Gasteiger partial charge on any atom is -0.441 e. The van der Waals surface area contributed by atoms with E-state index in [0.29, 0.717) is 5.76 Å². The summed E-state index contributed by atoms with van der Waals surface area (Å²) in [5, 5.41) is 2.60. The molecule has 7 heteroatoms. The van der Waals surface area contributed by atoms with Gasteiger partial charge in [0.15, 0.2) is 11.0 Å². The lowest BCUT2D eigenvalue weighted by Gasteiger charge is -2.24. The number of nitrogens with one attached hydrogen (secondary N) is 1. The second kappa shape index (κ2) is 6.54. The van der Waals surface area contributed by atoms with Crippen molar-refractivity contribution < 1.29 is 14.0 Å². The van der Waals surface area contributed by atoms with Crippen molar-refractivity contribution in [2.45, 2.75) is 25.7 Å². The maximum Gasteiger partial charge on any atom is 0.265 e. The van der Waals surface area contributed by atoms with Gasteiger partial charge in [-0.15, -0.1) is 0 Å². The zero-order valence-electron chi connectivity index (χ0n) is 13.0. The van der Waals surface area contributed by atoms with Crippen LogP contribution in [0.15, 0.2) is 22.1 Å². The molecule has 122 valence electrons. The van der Waals surface area contributed by atoms with E-state index >= 15 is 0 Å². The summed E-state index contributed by atoms with van der Waals surface area (Å²) >= 11 is 4.92. The lowest BCUT2D eigenvalue weighted by molar-refractivity contribution is -0.128. The highest BCUT2D eigenvalue weighted by atomic mass is 32.1. The van der Waals surface area contributed by atoms with Crippen LogP contribution in [0, 0.1) is 0 Å². The number of carbonyl (C=O) groups excluding carboxylic acids is 2. The van der Waals surface area contributed by atoms with Gasteiger partial charge in [-0.1, -0.05) is 12.8 Å². The number of anilines is 1. The summed E-state index contributed by atoms with van der Waals surface area (Å²) in [7, 11) is 1.53. The molecule has 3 rings (SSSR count). The third kappa shape index (κ3) is 3.29. The van der Waals surface area contributed by atoms with Crippen molar-refractivity contribution in [1.29, 1.82) is 0 Å². The maximum absolute atomic E-state index is 12.2. The van der Waals surface area contributed by atoms with E-state index in [2.05, 4.69) is 10.2 Å². The molecule has 2 saturated heterocycles. The topological polar surface area (TPSA) is 65.8 Å². The van der Waals surface area contributed by atoms with E-state index in [0.717, 1.165) is 31.8 Å². The van der Waals surface area contributed by atoms with Gasteiger partial charge < -0.3 is 9.32 Å². The predicted octanol–water partition coefficient (Wildman–Crippen LogP) is 1.92. The van der Waals surface area contributed by atoms with Crippen LogP contribution < -0.4 is 10.2 Å². The molecule has 23 heavy (non-hydrogen) atoms. The molecule has 2 aliphatic heterocycles. The highest BCUT2D eigenvalue weighted by molar-refractivity contribution is 7.80. The Morgan fingerprint density at radius 2 is 1.87 bits per heavy atom. The number of hydrogen-bond acceptors (Lipinski definition) is 5. The molecule has 0 spiro atoms. The number of rotatable bonds is 2. The van der Waals surface area contributed by atoms with Crippen LogP contribution in [-0.4, -0.2) is 42.0 Å². The fourth-order valence-corrected chi connectivity index (χ4v) is 2.94. The number of likely N-dealkylation sites (N-methyl/N-ethyl adjacent to an activating group) is 1. The van der Waals surface area contributed by atoms with E-state index in [1.165, 1.54) is 30.9 Å². The van der Waals surface area contributed by atoms with Gasteiger partial charge in [0.05, 0.1) is 0 Å². The van der Waals surface area contributed by atoms with Crippen molar-refractivity contribution in [1.82, 2.24) is 10.2 Å². The first kappa shape index (κ1) is 15.7. The SMILES string of the molecule is CN1C(=O)C(=Cc2ccc(N3CCCCCC3)o2)C(=O)NC1=S. The van der Waals surface area contributed by atoms with Crippen LogP contribution >= 0.6 is 12.2 Å². The molecule has 0 aromatic carbocycles. The second-order valence-electron chi connectivity index (χ2n) is 5.76. The van der Waals surface area contributed by atoms with E-state index in [1.807, 2.05) is 6.07 Å². The van der Waals surface area contributed by atoms with Gasteiger partial charge >= 0.3 is 0 Å². The van der Waals surface area contributed by atoms with Crippen LogP contribution in [0.25, 0.3) is 6.08 Å². The van der Waals surface area contributed by atoms with Crippen LogP contribution in [0.5, 0.6) is 0 Å². The molecule has 0 radical (unpaired) electrons. The molecule has 2 fully saturated rings. The van der Waals surface area contributed by atoms with Gasteiger partial charge in [0, 0.05) is 26.2 Å². The van der Waals surface area contributed by atoms with Crippen molar-refractivity contribution in [3.05, 3.63) is 23.5 Å². The van der Waals surface area contributed by atoms with Crippen LogP contribution in [-0.2, 0) is 9.59 Å². The number of thiocarbonyl (C=S) groups is 1. The van der Waals surface area contributed by atoms with E-state index < -0.39 is 11.8 Å². The quantitative estimate of drug-likeness (QED) is 0.509. The van der Waals surface area contributed by atoms with Crippen molar-refractivity contribution >= 4 is 41.1 Å². The largest absolute Gasteiger partial charge is 0.441 e. The third-order valence-electron chi connectivity index (χ3n) is 4.12. The van der Waals surface area contributed by atoms with Crippen molar-refractivity contribution in [3.63, 3.8) is 0 Å². The number of hydrogen-bond donors (Lipinski definition) is 1. The molecule has 0 unspecified atom stereocenters. The molecular weight excluding hydrogens is 314 g/mol. The Hall–Kier alpha value is -2.15. The summed E-state index contributed by atoms with van der Waals surface area (Å²) in [6, 6.07) is 3.66. The molecular formula is C16H19N3O3S.